The average Bonchev–Trinajstić information content (AvgIpc) is 2.33. The Morgan fingerprint density at radius 3 is 2.92 bits per heavy atom. The van der Waals surface area contributed by atoms with E-state index in [0.717, 1.165) is 0 Å². The van der Waals surface area contributed by atoms with Crippen LogP contribution in [0.5, 0.6) is 0 Å². The van der Waals surface area contributed by atoms with E-state index in [4.69, 9.17) is 5.11 Å². The molecule has 0 bridgehead atoms. The minimum Gasteiger partial charge on any atom is -0.480 e. The van der Waals surface area contributed by atoms with Crippen LogP contribution in [0.3, 0.4) is 0 Å². The first-order valence-corrected chi connectivity index (χ1v) is 3.83. The number of aromatic nitrogens is 3. The van der Waals surface area contributed by atoms with Gasteiger partial charge in [-0.3, -0.25) is 14.4 Å². The van der Waals surface area contributed by atoms with Crippen LogP contribution in [0.25, 0.3) is 0 Å². The number of hydrogen-bond acceptors (Lipinski definition) is 4. The molecule has 1 N–H and O–H groups in total. The second kappa shape index (κ2) is 3.99. The predicted molar refractivity (Wildman–Crippen MR) is 45.0 cm³/mol. The first kappa shape index (κ1) is 9.66. The van der Waals surface area contributed by atoms with Crippen LogP contribution in [0.15, 0.2) is 6.33 Å². The predicted octanol–water partition coefficient (Wildman–Crippen LogP) is -0.669. The smallest absolute Gasteiger partial charge is 0.317 e. The Balaban J connectivity index is 2.44. The number of rotatable bonds is 4. The van der Waals surface area contributed by atoms with E-state index in [-0.39, 0.29) is 6.54 Å². The highest BCUT2D eigenvalue weighted by Gasteiger charge is 2.07. The number of carboxylic acids is 1. The van der Waals surface area contributed by atoms with E-state index < -0.39 is 5.97 Å². The van der Waals surface area contributed by atoms with Gasteiger partial charge in [0.25, 0.3) is 0 Å². The minimum atomic E-state index is -0.849. The molecular formula is C7H12N4O2. The van der Waals surface area contributed by atoms with Crippen LogP contribution in [0.1, 0.15) is 5.82 Å². The van der Waals surface area contributed by atoms with Gasteiger partial charge < -0.3 is 5.11 Å². The standard InChI is InChI=1S/C7H12N4O2/c1-10(4-7(12)13)3-6-8-5-11(2)9-6/h5H,3-4H2,1-2H3,(H,12,13). The highest BCUT2D eigenvalue weighted by molar-refractivity contribution is 5.68. The molecule has 0 aliphatic heterocycles. The zero-order chi connectivity index (χ0) is 9.84. The van der Waals surface area contributed by atoms with Crippen molar-refractivity contribution < 1.29 is 9.90 Å². The van der Waals surface area contributed by atoms with Crippen LogP contribution in [0.2, 0.25) is 0 Å². The Labute approximate surface area is 75.8 Å². The lowest BCUT2D eigenvalue weighted by molar-refractivity contribution is -0.138. The van der Waals surface area contributed by atoms with E-state index in [2.05, 4.69) is 10.1 Å². The van der Waals surface area contributed by atoms with Crippen molar-refractivity contribution in [1.82, 2.24) is 19.7 Å². The van der Waals surface area contributed by atoms with Gasteiger partial charge in [-0.1, -0.05) is 0 Å². The van der Waals surface area contributed by atoms with Gasteiger partial charge in [-0.25, -0.2) is 4.98 Å². The molecule has 0 radical (unpaired) electrons. The molecule has 0 amide bonds. The number of aliphatic carboxylic acids is 1. The topological polar surface area (TPSA) is 71.2 Å². The van der Waals surface area contributed by atoms with Gasteiger partial charge in [0.05, 0.1) is 13.1 Å². The van der Waals surface area contributed by atoms with Gasteiger partial charge in [0.1, 0.15) is 6.33 Å². The van der Waals surface area contributed by atoms with Crippen molar-refractivity contribution in [2.45, 2.75) is 6.54 Å². The lowest BCUT2D eigenvalue weighted by Gasteiger charge is -2.10. The second-order valence-electron chi connectivity index (χ2n) is 2.90. The third-order valence-electron chi connectivity index (χ3n) is 1.46. The highest BCUT2D eigenvalue weighted by Crippen LogP contribution is 1.94. The molecule has 1 aromatic heterocycles. The summed E-state index contributed by atoms with van der Waals surface area (Å²) in [6, 6.07) is 0. The fourth-order valence-corrected chi connectivity index (χ4v) is 0.985. The third-order valence-corrected chi connectivity index (χ3v) is 1.46. The molecule has 1 rings (SSSR count). The summed E-state index contributed by atoms with van der Waals surface area (Å²) >= 11 is 0. The summed E-state index contributed by atoms with van der Waals surface area (Å²) in [7, 11) is 3.48. The summed E-state index contributed by atoms with van der Waals surface area (Å²) in [6.45, 7) is 0.450. The summed E-state index contributed by atoms with van der Waals surface area (Å²) in [4.78, 5) is 15.9. The molecule has 0 fully saturated rings. The van der Waals surface area contributed by atoms with Crippen molar-refractivity contribution in [1.29, 1.82) is 0 Å². The van der Waals surface area contributed by atoms with Crippen LogP contribution < -0.4 is 0 Å². The molecule has 0 aliphatic carbocycles. The molecule has 0 unspecified atom stereocenters. The maximum atomic E-state index is 10.3. The molecule has 72 valence electrons. The summed E-state index contributed by atoms with van der Waals surface area (Å²) < 4.78 is 1.59. The molecule has 0 saturated carbocycles. The summed E-state index contributed by atoms with van der Waals surface area (Å²) in [5.41, 5.74) is 0. The monoisotopic (exact) mass is 184 g/mol. The fourth-order valence-electron chi connectivity index (χ4n) is 0.985. The van der Waals surface area contributed by atoms with Gasteiger partial charge in [0, 0.05) is 7.05 Å². The van der Waals surface area contributed by atoms with E-state index in [0.29, 0.717) is 12.4 Å². The first-order chi connectivity index (χ1) is 6.08. The lowest BCUT2D eigenvalue weighted by atomic mass is 10.5. The number of carbonyl (C=O) groups is 1. The summed E-state index contributed by atoms with van der Waals surface area (Å²) in [6.07, 6.45) is 1.59. The Hall–Kier alpha value is -1.43. The van der Waals surface area contributed by atoms with Crippen LogP contribution in [-0.2, 0) is 18.4 Å². The maximum Gasteiger partial charge on any atom is 0.317 e. The molecule has 1 aromatic rings. The zero-order valence-corrected chi connectivity index (χ0v) is 7.64. The number of hydrogen-bond donors (Lipinski definition) is 1. The van der Waals surface area contributed by atoms with E-state index in [1.165, 1.54) is 0 Å². The van der Waals surface area contributed by atoms with Gasteiger partial charge >= 0.3 is 5.97 Å². The van der Waals surface area contributed by atoms with Gasteiger partial charge in [-0.05, 0) is 7.05 Å². The lowest BCUT2D eigenvalue weighted by Crippen LogP contribution is -2.25. The fraction of sp³-hybridized carbons (Fsp3) is 0.571. The molecule has 6 heteroatoms. The van der Waals surface area contributed by atoms with Crippen molar-refractivity contribution >= 4 is 5.97 Å². The van der Waals surface area contributed by atoms with Crippen LogP contribution >= 0.6 is 0 Å². The van der Waals surface area contributed by atoms with Gasteiger partial charge in [-0.2, -0.15) is 5.10 Å². The SMILES string of the molecule is CN(CC(=O)O)Cc1ncn(C)n1. The Morgan fingerprint density at radius 1 is 1.77 bits per heavy atom. The van der Waals surface area contributed by atoms with E-state index in [1.54, 1.807) is 30.0 Å². The van der Waals surface area contributed by atoms with Gasteiger partial charge in [0.2, 0.25) is 0 Å². The molecule has 0 aromatic carbocycles. The Kier molecular flexibility index (Phi) is 2.97. The quantitative estimate of drug-likeness (QED) is 0.672. The van der Waals surface area contributed by atoms with Crippen LogP contribution in [-0.4, -0.2) is 44.3 Å². The maximum absolute atomic E-state index is 10.3. The molecule has 13 heavy (non-hydrogen) atoms. The highest BCUT2D eigenvalue weighted by atomic mass is 16.4. The van der Waals surface area contributed by atoms with Crippen molar-refractivity contribution in [2.75, 3.05) is 13.6 Å². The molecule has 0 atom stereocenters. The number of nitrogens with zero attached hydrogens (tertiary/aromatic N) is 4. The van der Waals surface area contributed by atoms with Crippen LogP contribution in [0, 0.1) is 0 Å². The van der Waals surface area contributed by atoms with Crippen molar-refractivity contribution in [3.8, 4) is 0 Å². The summed E-state index contributed by atoms with van der Waals surface area (Å²) in [5.74, 6) is -0.218. The molecule has 0 saturated heterocycles. The Morgan fingerprint density at radius 2 is 2.46 bits per heavy atom. The molecular weight excluding hydrogens is 172 g/mol. The van der Waals surface area contributed by atoms with E-state index in [1.807, 2.05) is 0 Å². The number of aryl methyl sites for hydroxylation is 1. The van der Waals surface area contributed by atoms with E-state index >= 15 is 0 Å². The van der Waals surface area contributed by atoms with E-state index in [9.17, 15) is 4.79 Å². The third kappa shape index (κ3) is 3.20. The van der Waals surface area contributed by atoms with Crippen molar-refractivity contribution in [2.24, 2.45) is 7.05 Å². The molecule has 6 nitrogen and oxygen atoms in total. The summed E-state index contributed by atoms with van der Waals surface area (Å²) in [5, 5.41) is 12.5. The molecule has 0 aliphatic rings. The Bertz CT molecular complexity index is 296. The second-order valence-corrected chi connectivity index (χ2v) is 2.90. The minimum absolute atomic E-state index is 0.00173. The normalized spacial score (nSPS) is 10.7. The van der Waals surface area contributed by atoms with Crippen molar-refractivity contribution in [3.63, 3.8) is 0 Å². The number of carboxylic acid groups (broad SMARTS) is 1. The van der Waals surface area contributed by atoms with Gasteiger partial charge in [0.15, 0.2) is 5.82 Å². The number of likely N-dealkylation sites (N-methyl/N-ethyl adjacent to an activating group) is 1. The van der Waals surface area contributed by atoms with Crippen molar-refractivity contribution in [3.05, 3.63) is 12.2 Å². The van der Waals surface area contributed by atoms with Gasteiger partial charge in [-0.15, -0.1) is 0 Å². The average molecular weight is 184 g/mol. The molecule has 0 spiro atoms. The zero-order valence-electron chi connectivity index (χ0n) is 7.64. The molecule has 1 heterocycles. The first-order valence-electron chi connectivity index (χ1n) is 3.83. The van der Waals surface area contributed by atoms with Crippen LogP contribution in [0.4, 0.5) is 0 Å². The largest absolute Gasteiger partial charge is 0.480 e.